The maximum absolute atomic E-state index is 14.8. The Hall–Kier alpha value is -2.85. The topological polar surface area (TPSA) is 157 Å². The summed E-state index contributed by atoms with van der Waals surface area (Å²) >= 11 is 0. The van der Waals surface area contributed by atoms with Gasteiger partial charge in [0.25, 0.3) is 0 Å². The van der Waals surface area contributed by atoms with Gasteiger partial charge in [-0.1, -0.05) is 55.4 Å². The average Bonchev–Trinajstić information content (AvgIpc) is 3.80. The lowest BCUT2D eigenvalue weighted by atomic mass is 9.43. The van der Waals surface area contributed by atoms with Crippen LogP contribution in [0.1, 0.15) is 157 Å². The summed E-state index contributed by atoms with van der Waals surface area (Å²) < 4.78 is 14.6. The SMILES string of the molecule is C[C@@H]1CCC2C(C)(C)[C@H](O)CC[C@]2(C)[C@@]12Cc1c(O)cc(CO)c([C@H]3C(=O)c4cc(O)c5c(c4[C@@H]3O)O[C@]3(C5)[C@H](C)CC[C@H]4C(C)(C)[C@H](O)CC[C@@]43C)c1O2. The zero-order valence-electron chi connectivity index (χ0n) is 34.0. The van der Waals surface area contributed by atoms with E-state index in [2.05, 4.69) is 55.4 Å². The van der Waals surface area contributed by atoms with Crippen molar-refractivity contribution in [3.05, 3.63) is 45.5 Å². The monoisotopic (exact) mass is 758 g/mol. The molecule has 0 radical (unpaired) electrons. The van der Waals surface area contributed by atoms with Crippen molar-refractivity contribution >= 4 is 5.78 Å². The fraction of sp³-hybridized carbons (Fsp3) is 0.717. The summed E-state index contributed by atoms with van der Waals surface area (Å²) in [5, 5.41) is 69.0. The van der Waals surface area contributed by atoms with Gasteiger partial charge in [0.15, 0.2) is 5.78 Å². The first-order valence-electron chi connectivity index (χ1n) is 21.1. The third kappa shape index (κ3) is 4.42. The molecule has 2 aliphatic heterocycles. The number of benzene rings is 2. The van der Waals surface area contributed by atoms with Crippen molar-refractivity contribution in [3.8, 4) is 23.0 Å². The minimum Gasteiger partial charge on any atom is -0.508 e. The fourth-order valence-electron chi connectivity index (χ4n) is 14.8. The number of carbonyl (C=O) groups excluding carboxylic acids is 1. The van der Waals surface area contributed by atoms with Crippen molar-refractivity contribution in [2.75, 3.05) is 0 Å². The molecule has 0 amide bonds. The Morgan fingerprint density at radius 1 is 0.673 bits per heavy atom. The molecule has 0 saturated heterocycles. The van der Waals surface area contributed by atoms with Gasteiger partial charge < -0.3 is 40.1 Å². The van der Waals surface area contributed by atoms with E-state index in [1.807, 2.05) is 0 Å². The minimum atomic E-state index is -1.35. The van der Waals surface area contributed by atoms with Crippen LogP contribution < -0.4 is 9.47 Å². The lowest BCUT2D eigenvalue weighted by Gasteiger charge is -2.64. The van der Waals surface area contributed by atoms with Crippen LogP contribution in [0.25, 0.3) is 0 Å². The van der Waals surface area contributed by atoms with Crippen LogP contribution >= 0.6 is 0 Å². The molecule has 6 N–H and O–H groups in total. The van der Waals surface area contributed by atoms with E-state index in [-0.39, 0.29) is 68.2 Å². The van der Waals surface area contributed by atoms with E-state index in [1.54, 1.807) is 0 Å². The van der Waals surface area contributed by atoms with E-state index in [1.165, 1.54) is 12.1 Å². The van der Waals surface area contributed by atoms with Crippen LogP contribution in [-0.4, -0.2) is 59.8 Å². The Morgan fingerprint density at radius 2 is 1.13 bits per heavy atom. The molecule has 300 valence electrons. The molecule has 2 aromatic rings. The molecule has 9 heteroatoms. The van der Waals surface area contributed by atoms with Crippen LogP contribution in [0.3, 0.4) is 0 Å². The van der Waals surface area contributed by atoms with Crippen LogP contribution in [-0.2, 0) is 19.4 Å². The van der Waals surface area contributed by atoms with E-state index in [9.17, 15) is 35.4 Å². The van der Waals surface area contributed by atoms with E-state index in [0.717, 1.165) is 38.5 Å². The number of fused-ring (bicyclic) bond motifs is 8. The molecular formula is C46H62O9. The molecule has 1 unspecified atom stereocenters. The molecule has 9 nitrogen and oxygen atoms in total. The van der Waals surface area contributed by atoms with E-state index < -0.39 is 42.0 Å². The van der Waals surface area contributed by atoms with Crippen LogP contribution in [0.4, 0.5) is 0 Å². The molecular weight excluding hydrogens is 696 g/mol. The van der Waals surface area contributed by atoms with Crippen molar-refractivity contribution in [3.63, 3.8) is 0 Å². The molecule has 4 fully saturated rings. The van der Waals surface area contributed by atoms with E-state index in [0.29, 0.717) is 65.0 Å². The first-order valence-corrected chi connectivity index (χ1v) is 21.1. The molecule has 55 heavy (non-hydrogen) atoms. The summed E-state index contributed by atoms with van der Waals surface area (Å²) in [6.07, 6.45) is 5.13. The number of Topliss-reactive ketones (excluding diaryl/α,β-unsaturated/α-hetero) is 1. The second-order valence-electron chi connectivity index (χ2n) is 20.9. The maximum atomic E-state index is 14.8. The van der Waals surface area contributed by atoms with Crippen LogP contribution in [0.15, 0.2) is 12.1 Å². The van der Waals surface area contributed by atoms with Crippen molar-refractivity contribution in [1.82, 2.24) is 0 Å². The number of aromatic hydroxyl groups is 2. The highest BCUT2D eigenvalue weighted by Crippen LogP contribution is 2.70. The van der Waals surface area contributed by atoms with Gasteiger partial charge in [-0.05, 0) is 104 Å². The van der Waals surface area contributed by atoms with Gasteiger partial charge in [-0.15, -0.1) is 0 Å². The molecule has 2 heterocycles. The van der Waals surface area contributed by atoms with Crippen molar-refractivity contribution in [1.29, 1.82) is 0 Å². The molecule has 2 spiro atoms. The molecule has 4 saturated carbocycles. The van der Waals surface area contributed by atoms with Gasteiger partial charge in [0.1, 0.15) is 34.2 Å². The average molecular weight is 759 g/mol. The summed E-state index contributed by atoms with van der Waals surface area (Å²) in [6.45, 7) is 17.1. The minimum absolute atomic E-state index is 0.00331. The van der Waals surface area contributed by atoms with Gasteiger partial charge in [-0.3, -0.25) is 4.79 Å². The van der Waals surface area contributed by atoms with Gasteiger partial charge in [0, 0.05) is 51.5 Å². The summed E-state index contributed by atoms with van der Waals surface area (Å²) in [4.78, 5) is 14.8. The third-order valence-corrected chi connectivity index (χ3v) is 18.2. The standard InChI is InChI=1S/C46H62O9/c1-22-9-11-30-41(3,4)32(50)13-15-43(30,7)45(22)19-26-28(48)17-24(21-47)34(39(26)54-45)36-37(52)25-18-29(49)27-20-46(55-40(27)35(25)38(36)53)23(2)10-12-31-42(5,6)33(51)14-16-44(31,46)8/h17-18,22-23,30-33,36,38,47-51,53H,9-16,19-21H2,1-8H3/t22-,23-,30?,31+,32-,33-,36+,38+,43+,44+,45-,46-/m1/s1. The van der Waals surface area contributed by atoms with Gasteiger partial charge >= 0.3 is 0 Å². The van der Waals surface area contributed by atoms with Gasteiger partial charge in [0.05, 0.1) is 30.8 Å². The number of ketones is 1. The third-order valence-electron chi connectivity index (χ3n) is 18.2. The highest BCUT2D eigenvalue weighted by Gasteiger charge is 2.69. The summed E-state index contributed by atoms with van der Waals surface area (Å²) in [6, 6.07) is 3.02. The number of carbonyl (C=O) groups is 1. The van der Waals surface area contributed by atoms with Crippen molar-refractivity contribution in [2.45, 2.75) is 162 Å². The summed E-state index contributed by atoms with van der Waals surface area (Å²) in [5.41, 5.74) is -0.363. The molecule has 7 aliphatic rings. The second kappa shape index (κ2) is 11.6. The zero-order chi connectivity index (χ0) is 39.6. The van der Waals surface area contributed by atoms with Crippen molar-refractivity contribution in [2.24, 2.45) is 45.3 Å². The predicted octanol–water partition coefficient (Wildman–Crippen LogP) is 7.42. The molecule has 0 bridgehead atoms. The number of hydrogen-bond acceptors (Lipinski definition) is 9. The van der Waals surface area contributed by atoms with Crippen molar-refractivity contribution < 1.29 is 44.9 Å². The number of ether oxygens (including phenoxy) is 2. The van der Waals surface area contributed by atoms with E-state index in [4.69, 9.17) is 9.47 Å². The molecule has 0 aromatic heterocycles. The Kier molecular flexibility index (Phi) is 7.98. The Balaban J connectivity index is 1.15. The van der Waals surface area contributed by atoms with Crippen LogP contribution in [0.2, 0.25) is 0 Å². The molecule has 5 aliphatic carbocycles. The number of phenols is 2. The lowest BCUT2D eigenvalue weighted by molar-refractivity contribution is -0.210. The normalized spacial score (nSPS) is 43.3. The Bertz CT molecular complexity index is 1990. The molecule has 12 atom stereocenters. The Labute approximate surface area is 325 Å². The quantitative estimate of drug-likeness (QED) is 0.184. The summed E-state index contributed by atoms with van der Waals surface area (Å²) in [5.74, 6) is -0.285. The van der Waals surface area contributed by atoms with Gasteiger partial charge in [-0.25, -0.2) is 0 Å². The number of aliphatic hydroxyl groups is 4. The number of hydrogen-bond donors (Lipinski definition) is 6. The Morgan fingerprint density at radius 3 is 1.60 bits per heavy atom. The van der Waals surface area contributed by atoms with Gasteiger partial charge in [-0.2, -0.15) is 0 Å². The molecule has 9 rings (SSSR count). The first-order chi connectivity index (χ1) is 25.7. The second-order valence-corrected chi connectivity index (χ2v) is 20.9. The largest absolute Gasteiger partial charge is 0.508 e. The van der Waals surface area contributed by atoms with Gasteiger partial charge in [0.2, 0.25) is 0 Å². The smallest absolute Gasteiger partial charge is 0.174 e. The number of aliphatic hydroxyl groups excluding tert-OH is 4. The maximum Gasteiger partial charge on any atom is 0.174 e. The predicted molar refractivity (Wildman–Crippen MR) is 206 cm³/mol. The molecule has 2 aromatic carbocycles. The first kappa shape index (κ1) is 37.7. The summed E-state index contributed by atoms with van der Waals surface area (Å²) in [7, 11) is 0. The van der Waals surface area contributed by atoms with Crippen LogP contribution in [0.5, 0.6) is 23.0 Å². The highest BCUT2D eigenvalue weighted by atomic mass is 16.5. The van der Waals surface area contributed by atoms with E-state index >= 15 is 0 Å². The highest BCUT2D eigenvalue weighted by molar-refractivity contribution is 6.08. The number of phenolic OH excluding ortho intramolecular Hbond substituents is 2. The number of rotatable bonds is 2. The zero-order valence-corrected chi connectivity index (χ0v) is 34.0. The van der Waals surface area contributed by atoms with Crippen LogP contribution in [0, 0.1) is 45.3 Å². The lowest BCUT2D eigenvalue weighted by Crippen LogP contribution is -2.66. The fourth-order valence-corrected chi connectivity index (χ4v) is 14.8.